The third-order valence-corrected chi connectivity index (χ3v) is 6.18. The van der Waals surface area contributed by atoms with E-state index in [1.807, 2.05) is 0 Å². The molecule has 1 aliphatic carbocycles. The van der Waals surface area contributed by atoms with Gasteiger partial charge in [0.15, 0.2) is 5.76 Å². The van der Waals surface area contributed by atoms with Gasteiger partial charge in [-0.2, -0.15) is 0 Å². The maximum atomic E-state index is 13.7. The smallest absolute Gasteiger partial charge is 0.290 e. The first-order valence-electron chi connectivity index (χ1n) is 11.6. The second kappa shape index (κ2) is 11.0. The summed E-state index contributed by atoms with van der Waals surface area (Å²) in [5.74, 6) is -0.351. The van der Waals surface area contributed by atoms with Crippen LogP contribution >= 0.6 is 0 Å². The summed E-state index contributed by atoms with van der Waals surface area (Å²) in [5.41, 5.74) is 1.31. The molecule has 0 aliphatic heterocycles. The predicted octanol–water partition coefficient (Wildman–Crippen LogP) is 5.26. The van der Waals surface area contributed by atoms with Crippen molar-refractivity contribution in [2.75, 3.05) is 7.11 Å². The Labute approximate surface area is 198 Å². The van der Waals surface area contributed by atoms with E-state index in [0.717, 1.165) is 25.7 Å². The highest BCUT2D eigenvalue weighted by Gasteiger charge is 2.34. The van der Waals surface area contributed by atoms with Crippen molar-refractivity contribution in [1.82, 2.24) is 10.2 Å². The summed E-state index contributed by atoms with van der Waals surface area (Å²) >= 11 is 0. The van der Waals surface area contributed by atoms with Crippen LogP contribution in [0.25, 0.3) is 0 Å². The number of furan rings is 1. The topological polar surface area (TPSA) is 71.8 Å². The number of carbonyl (C=O) groups is 2. The third-order valence-electron chi connectivity index (χ3n) is 6.18. The summed E-state index contributed by atoms with van der Waals surface area (Å²) < 4.78 is 24.3. The van der Waals surface area contributed by atoms with Crippen molar-refractivity contribution in [1.29, 1.82) is 0 Å². The second-order valence-corrected chi connectivity index (χ2v) is 8.56. The number of halogens is 1. The molecule has 0 unspecified atom stereocenters. The Hall–Kier alpha value is -3.61. The number of nitrogens with one attached hydrogen (secondary N) is 1. The molecule has 2 aromatic carbocycles. The van der Waals surface area contributed by atoms with E-state index in [0.29, 0.717) is 16.9 Å². The van der Waals surface area contributed by atoms with E-state index in [1.54, 1.807) is 55.6 Å². The van der Waals surface area contributed by atoms with Crippen LogP contribution in [0.1, 0.15) is 59.8 Å². The fraction of sp³-hybridized carbons (Fsp3) is 0.333. The van der Waals surface area contributed by atoms with Crippen LogP contribution in [-0.4, -0.2) is 29.9 Å². The minimum atomic E-state index is -0.931. The standard InChI is InChI=1S/C27H29FN2O4/c1-33-23-10-5-7-20(17-23)25(26(31)29-22-8-3-2-4-9-22)30(27(32)24-11-6-16-34-24)18-19-12-14-21(28)15-13-19/h5-7,10-17,22,25H,2-4,8-9,18H2,1H3,(H,29,31)/t25-/m1/s1. The zero-order valence-electron chi connectivity index (χ0n) is 19.2. The molecule has 7 heteroatoms. The summed E-state index contributed by atoms with van der Waals surface area (Å²) in [6, 6.07) is 15.4. The van der Waals surface area contributed by atoms with Crippen molar-refractivity contribution in [3.05, 3.63) is 89.6 Å². The monoisotopic (exact) mass is 464 g/mol. The van der Waals surface area contributed by atoms with E-state index in [1.165, 1.54) is 29.7 Å². The van der Waals surface area contributed by atoms with Crippen LogP contribution in [0, 0.1) is 5.82 Å². The summed E-state index contributed by atoms with van der Waals surface area (Å²) in [7, 11) is 1.56. The lowest BCUT2D eigenvalue weighted by Crippen LogP contribution is -2.46. The molecule has 1 atom stereocenters. The van der Waals surface area contributed by atoms with Crippen LogP contribution < -0.4 is 10.1 Å². The fourth-order valence-corrected chi connectivity index (χ4v) is 4.42. The quantitative estimate of drug-likeness (QED) is 0.494. The van der Waals surface area contributed by atoms with Gasteiger partial charge in [0.25, 0.3) is 5.91 Å². The maximum absolute atomic E-state index is 13.7. The van der Waals surface area contributed by atoms with Gasteiger partial charge in [-0.3, -0.25) is 9.59 Å². The number of rotatable bonds is 8. The third kappa shape index (κ3) is 5.65. The molecule has 0 bridgehead atoms. The first-order valence-corrected chi connectivity index (χ1v) is 11.6. The lowest BCUT2D eigenvalue weighted by molar-refractivity contribution is -0.127. The first-order chi connectivity index (χ1) is 16.5. The molecule has 4 rings (SSSR count). The van der Waals surface area contributed by atoms with Gasteiger partial charge in [0.1, 0.15) is 17.6 Å². The fourth-order valence-electron chi connectivity index (χ4n) is 4.42. The number of benzene rings is 2. The van der Waals surface area contributed by atoms with Crippen LogP contribution in [0.15, 0.2) is 71.3 Å². The SMILES string of the molecule is COc1cccc([C@H](C(=O)NC2CCCCC2)N(Cc2ccc(F)cc2)C(=O)c2ccco2)c1. The van der Waals surface area contributed by atoms with Gasteiger partial charge in [0, 0.05) is 12.6 Å². The highest BCUT2D eigenvalue weighted by molar-refractivity contribution is 5.96. The molecule has 0 radical (unpaired) electrons. The van der Waals surface area contributed by atoms with Crippen molar-refractivity contribution >= 4 is 11.8 Å². The number of nitrogens with zero attached hydrogens (tertiary/aromatic N) is 1. The van der Waals surface area contributed by atoms with E-state index in [-0.39, 0.29) is 30.1 Å². The number of hydrogen-bond donors (Lipinski definition) is 1. The maximum Gasteiger partial charge on any atom is 0.290 e. The summed E-state index contributed by atoms with van der Waals surface area (Å²) in [5, 5.41) is 3.17. The largest absolute Gasteiger partial charge is 0.497 e. The summed E-state index contributed by atoms with van der Waals surface area (Å²) in [6.07, 6.45) is 6.56. The molecule has 1 fully saturated rings. The minimum absolute atomic E-state index is 0.0701. The first kappa shape index (κ1) is 23.5. The molecule has 1 aromatic heterocycles. The molecule has 1 saturated carbocycles. The van der Waals surface area contributed by atoms with Gasteiger partial charge in [0.05, 0.1) is 13.4 Å². The van der Waals surface area contributed by atoms with Gasteiger partial charge >= 0.3 is 0 Å². The van der Waals surface area contributed by atoms with E-state index in [2.05, 4.69) is 5.32 Å². The number of amides is 2. The van der Waals surface area contributed by atoms with E-state index in [9.17, 15) is 14.0 Å². The molecule has 1 aliphatic rings. The van der Waals surface area contributed by atoms with Crippen molar-refractivity contribution in [2.24, 2.45) is 0 Å². The zero-order chi connectivity index (χ0) is 23.9. The van der Waals surface area contributed by atoms with Gasteiger partial charge in [-0.25, -0.2) is 4.39 Å². The highest BCUT2D eigenvalue weighted by atomic mass is 19.1. The van der Waals surface area contributed by atoms with Crippen molar-refractivity contribution in [3.63, 3.8) is 0 Å². The van der Waals surface area contributed by atoms with Crippen LogP contribution in [0.4, 0.5) is 4.39 Å². The molecule has 1 N–H and O–H groups in total. The lowest BCUT2D eigenvalue weighted by Gasteiger charge is -2.33. The van der Waals surface area contributed by atoms with Crippen LogP contribution in [0.5, 0.6) is 5.75 Å². The number of methoxy groups -OCH3 is 1. The summed E-state index contributed by atoms with van der Waals surface area (Å²) in [4.78, 5) is 28.8. The predicted molar refractivity (Wildman–Crippen MR) is 126 cm³/mol. The van der Waals surface area contributed by atoms with E-state index >= 15 is 0 Å². The minimum Gasteiger partial charge on any atom is -0.497 e. The summed E-state index contributed by atoms with van der Waals surface area (Å²) in [6.45, 7) is 0.0970. The van der Waals surface area contributed by atoms with Crippen molar-refractivity contribution in [3.8, 4) is 5.75 Å². The Morgan fingerprint density at radius 1 is 1.09 bits per heavy atom. The van der Waals surface area contributed by atoms with Gasteiger partial charge in [-0.15, -0.1) is 0 Å². The average molecular weight is 465 g/mol. The van der Waals surface area contributed by atoms with Gasteiger partial charge < -0.3 is 19.4 Å². The van der Waals surface area contributed by atoms with Crippen molar-refractivity contribution < 1.29 is 23.1 Å². The zero-order valence-corrected chi connectivity index (χ0v) is 19.2. The molecule has 3 aromatic rings. The van der Waals surface area contributed by atoms with Crippen LogP contribution in [-0.2, 0) is 11.3 Å². The Morgan fingerprint density at radius 2 is 1.85 bits per heavy atom. The molecule has 2 amide bonds. The van der Waals surface area contributed by atoms with Crippen LogP contribution in [0.2, 0.25) is 0 Å². The molecule has 178 valence electrons. The highest BCUT2D eigenvalue weighted by Crippen LogP contribution is 2.29. The Bertz CT molecular complexity index is 1090. The molecular formula is C27H29FN2O4. The number of hydrogen-bond acceptors (Lipinski definition) is 4. The van der Waals surface area contributed by atoms with Gasteiger partial charge in [-0.05, 0) is 60.4 Å². The van der Waals surface area contributed by atoms with Gasteiger partial charge in [-0.1, -0.05) is 43.5 Å². The molecule has 0 saturated heterocycles. The van der Waals surface area contributed by atoms with Crippen molar-refractivity contribution in [2.45, 2.75) is 50.7 Å². The average Bonchev–Trinajstić information content (AvgIpc) is 3.40. The number of carbonyl (C=O) groups excluding carboxylic acids is 2. The van der Waals surface area contributed by atoms with Gasteiger partial charge in [0.2, 0.25) is 5.91 Å². The lowest BCUT2D eigenvalue weighted by atomic mass is 9.94. The molecule has 1 heterocycles. The molecule has 0 spiro atoms. The van der Waals surface area contributed by atoms with Crippen LogP contribution in [0.3, 0.4) is 0 Å². The molecule has 34 heavy (non-hydrogen) atoms. The Morgan fingerprint density at radius 3 is 2.53 bits per heavy atom. The molecule has 6 nitrogen and oxygen atoms in total. The molecular weight excluding hydrogens is 435 g/mol. The number of ether oxygens (including phenoxy) is 1. The normalized spacial score (nSPS) is 14.9. The second-order valence-electron chi connectivity index (χ2n) is 8.56. The Kier molecular flexibility index (Phi) is 7.62. The Balaban J connectivity index is 1.74. The van der Waals surface area contributed by atoms with E-state index < -0.39 is 11.9 Å². The van der Waals surface area contributed by atoms with E-state index in [4.69, 9.17) is 9.15 Å².